The fourth-order valence-corrected chi connectivity index (χ4v) is 6.88. The summed E-state index contributed by atoms with van der Waals surface area (Å²) in [5.74, 6) is 1.04. The Morgan fingerprint density at radius 1 is 1.13 bits per heavy atom. The zero-order chi connectivity index (χ0) is 22.1. The fraction of sp³-hybridized carbons (Fsp3) is 0.261. The summed E-state index contributed by atoms with van der Waals surface area (Å²) in [5, 5.41) is 17.3. The van der Waals surface area contributed by atoms with Crippen molar-refractivity contribution >= 4 is 41.4 Å². The second-order valence-electron chi connectivity index (χ2n) is 7.97. The molecule has 0 saturated heterocycles. The van der Waals surface area contributed by atoms with Gasteiger partial charge in [0, 0.05) is 0 Å². The molecule has 4 rings (SSSR count). The number of benzene rings is 2. The Labute approximate surface area is 184 Å². The number of halogens is 1. The van der Waals surface area contributed by atoms with Gasteiger partial charge in [-0.1, -0.05) is 0 Å². The number of nitrogens with one attached hydrogen (secondary N) is 2. The molecule has 2 aromatic heterocycles. The number of hydrogen-bond acceptors (Lipinski definition) is 4. The third kappa shape index (κ3) is 4.57. The minimum atomic E-state index is -1.46. The second kappa shape index (κ2) is 8.67. The van der Waals surface area contributed by atoms with Gasteiger partial charge in [-0.3, -0.25) is 0 Å². The van der Waals surface area contributed by atoms with E-state index in [-0.39, 0.29) is 17.4 Å². The van der Waals surface area contributed by atoms with Gasteiger partial charge in [0.2, 0.25) is 0 Å². The van der Waals surface area contributed by atoms with Gasteiger partial charge in [-0.05, 0) is 0 Å². The molecule has 2 N–H and O–H groups in total. The maximum absolute atomic E-state index is 13.2. The van der Waals surface area contributed by atoms with Gasteiger partial charge < -0.3 is 0 Å². The van der Waals surface area contributed by atoms with Crippen LogP contribution in [0.25, 0.3) is 10.8 Å². The molecule has 31 heavy (non-hydrogen) atoms. The second-order valence-corrected chi connectivity index (χ2v) is 12.6. The van der Waals surface area contributed by atoms with Crippen molar-refractivity contribution in [1.29, 1.82) is 0 Å². The SMILES string of the molecule is Cc1cc(Nc2nn(C(C)C)c(=O)c3cc([As](C)Cc4ccc(F)cc4)ccc23)n[nH]1. The number of anilines is 2. The Morgan fingerprint density at radius 2 is 1.87 bits per heavy atom. The molecule has 2 aromatic carbocycles. The number of aryl methyl sites for hydroxylation is 1. The molecule has 4 aromatic rings. The first-order valence-corrected chi connectivity index (χ1v) is 14.3. The molecule has 0 saturated carbocycles. The number of H-pyrrole nitrogens is 1. The van der Waals surface area contributed by atoms with Crippen LogP contribution in [-0.2, 0) is 5.21 Å². The third-order valence-corrected chi connectivity index (χ3v) is 9.31. The molecule has 0 aliphatic carbocycles. The van der Waals surface area contributed by atoms with Crippen molar-refractivity contribution in [1.82, 2.24) is 20.0 Å². The third-order valence-electron chi connectivity index (χ3n) is 5.12. The number of rotatable bonds is 6. The van der Waals surface area contributed by atoms with E-state index >= 15 is 0 Å². The standard InChI is InChI=1S/C23H25AsFN5O/c1-14(2)30-23(31)20-12-17(24(4)13-16-5-8-18(25)9-6-16)7-10-19(20)22(29-30)26-21-11-15(3)27-28-21/h5-12,14H,13H2,1-4H3,(H2,26,27,28,29). The Morgan fingerprint density at radius 3 is 2.52 bits per heavy atom. The summed E-state index contributed by atoms with van der Waals surface area (Å²) in [6, 6.07) is 14.6. The summed E-state index contributed by atoms with van der Waals surface area (Å²) >= 11 is -1.46. The van der Waals surface area contributed by atoms with Crippen LogP contribution in [0, 0.1) is 12.7 Å². The van der Waals surface area contributed by atoms with Crippen molar-refractivity contribution in [2.75, 3.05) is 5.32 Å². The molecule has 0 bridgehead atoms. The van der Waals surface area contributed by atoms with Gasteiger partial charge in [0.05, 0.1) is 0 Å². The predicted molar refractivity (Wildman–Crippen MR) is 124 cm³/mol. The minimum absolute atomic E-state index is 0.0727. The van der Waals surface area contributed by atoms with Crippen molar-refractivity contribution in [2.45, 2.75) is 37.7 Å². The molecule has 1 atom stereocenters. The molecule has 0 spiro atoms. The first kappa shape index (κ1) is 21.3. The van der Waals surface area contributed by atoms with E-state index in [9.17, 15) is 9.18 Å². The molecule has 0 aliphatic heterocycles. The number of aromatic nitrogens is 4. The zero-order valence-electron chi connectivity index (χ0n) is 18.0. The van der Waals surface area contributed by atoms with Crippen LogP contribution in [0.1, 0.15) is 31.1 Å². The van der Waals surface area contributed by atoms with E-state index < -0.39 is 14.7 Å². The summed E-state index contributed by atoms with van der Waals surface area (Å²) in [4.78, 5) is 13.2. The van der Waals surface area contributed by atoms with Crippen LogP contribution in [0.15, 0.2) is 53.3 Å². The molecule has 0 amide bonds. The van der Waals surface area contributed by atoms with Gasteiger partial charge in [0.25, 0.3) is 0 Å². The van der Waals surface area contributed by atoms with Crippen molar-refractivity contribution < 1.29 is 4.39 Å². The monoisotopic (exact) mass is 481 g/mol. The summed E-state index contributed by atoms with van der Waals surface area (Å²) in [5.41, 5.74) is 4.22. The molecular formula is C23H25AsFN5O. The molecule has 6 nitrogen and oxygen atoms in total. The van der Waals surface area contributed by atoms with Gasteiger partial charge in [-0.25, -0.2) is 0 Å². The molecule has 2 heterocycles. The first-order chi connectivity index (χ1) is 14.8. The van der Waals surface area contributed by atoms with Gasteiger partial charge in [0.15, 0.2) is 0 Å². The van der Waals surface area contributed by atoms with E-state index in [2.05, 4.69) is 32.4 Å². The average molecular weight is 481 g/mol. The van der Waals surface area contributed by atoms with E-state index in [4.69, 9.17) is 0 Å². The topological polar surface area (TPSA) is 75.6 Å². The molecule has 0 aliphatic rings. The first-order valence-electron chi connectivity index (χ1n) is 10.1. The van der Waals surface area contributed by atoms with E-state index in [1.165, 1.54) is 21.2 Å². The van der Waals surface area contributed by atoms with Gasteiger partial charge >= 0.3 is 185 Å². The number of fused-ring (bicyclic) bond motifs is 1. The molecule has 8 heteroatoms. The quantitative estimate of drug-likeness (QED) is 0.409. The van der Waals surface area contributed by atoms with Crippen LogP contribution in [0.3, 0.4) is 0 Å². The van der Waals surface area contributed by atoms with Crippen molar-refractivity contribution in [3.05, 3.63) is 76.0 Å². The fourth-order valence-electron chi connectivity index (χ4n) is 3.48. The van der Waals surface area contributed by atoms with E-state index in [0.717, 1.165) is 21.9 Å². The van der Waals surface area contributed by atoms with Crippen molar-refractivity contribution in [3.63, 3.8) is 0 Å². The Kier molecular flexibility index (Phi) is 5.96. The van der Waals surface area contributed by atoms with Crippen LogP contribution in [0.4, 0.5) is 16.0 Å². The molecular weight excluding hydrogens is 456 g/mol. The van der Waals surface area contributed by atoms with Crippen LogP contribution in [0.2, 0.25) is 5.71 Å². The van der Waals surface area contributed by atoms with Crippen LogP contribution >= 0.6 is 0 Å². The normalized spacial score (nSPS) is 12.5. The average Bonchev–Trinajstić information content (AvgIpc) is 3.15. The summed E-state index contributed by atoms with van der Waals surface area (Å²) in [7, 11) is 0. The van der Waals surface area contributed by atoms with Crippen LogP contribution < -0.4 is 15.2 Å². The van der Waals surface area contributed by atoms with Gasteiger partial charge in [0.1, 0.15) is 0 Å². The van der Waals surface area contributed by atoms with E-state index in [0.29, 0.717) is 17.0 Å². The van der Waals surface area contributed by atoms with Crippen LogP contribution in [-0.4, -0.2) is 34.6 Å². The molecule has 0 radical (unpaired) electrons. The Balaban J connectivity index is 1.75. The number of hydrogen-bond donors (Lipinski definition) is 2. The van der Waals surface area contributed by atoms with Crippen LogP contribution in [0.5, 0.6) is 0 Å². The summed E-state index contributed by atoms with van der Waals surface area (Å²) < 4.78 is 15.9. The van der Waals surface area contributed by atoms with E-state index in [1.807, 2.05) is 51.1 Å². The number of aromatic amines is 1. The molecule has 1 unspecified atom stereocenters. The van der Waals surface area contributed by atoms with Gasteiger partial charge in [-0.2, -0.15) is 0 Å². The van der Waals surface area contributed by atoms with E-state index in [1.54, 1.807) is 0 Å². The van der Waals surface area contributed by atoms with Crippen molar-refractivity contribution in [3.8, 4) is 0 Å². The maximum atomic E-state index is 13.2. The molecule has 0 fully saturated rings. The summed E-state index contributed by atoms with van der Waals surface area (Å²) in [6.07, 6.45) is 0. The van der Waals surface area contributed by atoms with Gasteiger partial charge in [-0.15, -0.1) is 0 Å². The Bertz CT molecular complexity index is 1280. The molecule has 160 valence electrons. The Hall–Kier alpha value is -2.92. The number of nitrogens with zero attached hydrogens (tertiary/aromatic N) is 3. The predicted octanol–water partition coefficient (Wildman–Crippen LogP) is 4.01. The van der Waals surface area contributed by atoms with Crippen molar-refractivity contribution in [2.24, 2.45) is 0 Å². The zero-order valence-corrected chi connectivity index (χ0v) is 19.9. The summed E-state index contributed by atoms with van der Waals surface area (Å²) in [6.45, 7) is 5.82.